The van der Waals surface area contributed by atoms with E-state index >= 15 is 0 Å². The molecule has 0 radical (unpaired) electrons. The van der Waals surface area contributed by atoms with E-state index < -0.39 is 6.10 Å². The van der Waals surface area contributed by atoms with Gasteiger partial charge in [0.2, 0.25) is 0 Å². The van der Waals surface area contributed by atoms with Crippen LogP contribution in [0.5, 0.6) is 5.75 Å². The summed E-state index contributed by atoms with van der Waals surface area (Å²) in [5.41, 5.74) is 5.16. The van der Waals surface area contributed by atoms with Gasteiger partial charge in [-0.3, -0.25) is 0 Å². The van der Waals surface area contributed by atoms with Gasteiger partial charge >= 0.3 is 0 Å². The molecule has 1 atom stereocenters. The van der Waals surface area contributed by atoms with E-state index in [1.807, 2.05) is 24.3 Å². The Labute approximate surface area is 196 Å². The second-order valence-corrected chi connectivity index (χ2v) is 8.66. The number of aliphatic hydroxyl groups excluding tert-OH is 1. The van der Waals surface area contributed by atoms with E-state index in [-0.39, 0.29) is 0 Å². The summed E-state index contributed by atoms with van der Waals surface area (Å²) in [6, 6.07) is 19.8. The number of hydrogen-bond acceptors (Lipinski definition) is 6. The average molecular weight is 466 g/mol. The quantitative estimate of drug-likeness (QED) is 0.251. The first-order valence-corrected chi connectivity index (χ1v) is 11.6. The van der Waals surface area contributed by atoms with Gasteiger partial charge in [0.25, 0.3) is 0 Å². The molecule has 32 heavy (non-hydrogen) atoms. The SMILES string of the molecule is Cc1ccc(-c2csc(-c3ccc(OCCNCC(O)c4ccc(Cl)nc4)cc3)n2)cc1. The molecule has 4 rings (SSSR count). The lowest BCUT2D eigenvalue weighted by molar-refractivity contribution is 0.171. The van der Waals surface area contributed by atoms with E-state index in [0.29, 0.717) is 24.8 Å². The van der Waals surface area contributed by atoms with Crippen LogP contribution >= 0.6 is 22.9 Å². The number of nitrogens with zero attached hydrogens (tertiary/aromatic N) is 2. The highest BCUT2D eigenvalue weighted by molar-refractivity contribution is 7.13. The van der Waals surface area contributed by atoms with Crippen molar-refractivity contribution in [3.05, 3.63) is 88.5 Å². The van der Waals surface area contributed by atoms with Crippen LogP contribution in [0.2, 0.25) is 5.15 Å². The molecule has 5 nitrogen and oxygen atoms in total. The lowest BCUT2D eigenvalue weighted by Crippen LogP contribution is -2.26. The van der Waals surface area contributed by atoms with Crippen molar-refractivity contribution < 1.29 is 9.84 Å². The highest BCUT2D eigenvalue weighted by atomic mass is 35.5. The van der Waals surface area contributed by atoms with E-state index in [2.05, 4.69) is 46.9 Å². The summed E-state index contributed by atoms with van der Waals surface area (Å²) in [6.07, 6.45) is 0.945. The van der Waals surface area contributed by atoms with Gasteiger partial charge < -0.3 is 15.2 Å². The summed E-state index contributed by atoms with van der Waals surface area (Å²) < 4.78 is 5.79. The van der Waals surface area contributed by atoms with Crippen LogP contribution in [0.1, 0.15) is 17.2 Å². The maximum absolute atomic E-state index is 10.2. The van der Waals surface area contributed by atoms with Gasteiger partial charge in [-0.25, -0.2) is 9.97 Å². The number of pyridine rings is 1. The largest absolute Gasteiger partial charge is 0.492 e. The van der Waals surface area contributed by atoms with E-state index in [0.717, 1.165) is 33.1 Å². The molecule has 1 unspecified atom stereocenters. The van der Waals surface area contributed by atoms with Crippen molar-refractivity contribution in [1.82, 2.24) is 15.3 Å². The molecule has 0 saturated heterocycles. The zero-order valence-corrected chi connectivity index (χ0v) is 19.2. The summed E-state index contributed by atoms with van der Waals surface area (Å²) in [5, 5.41) is 16.8. The fourth-order valence-corrected chi connectivity index (χ4v) is 4.09. The first-order valence-electron chi connectivity index (χ1n) is 10.3. The number of hydrogen-bond donors (Lipinski definition) is 2. The summed E-state index contributed by atoms with van der Waals surface area (Å²) >= 11 is 7.40. The minimum absolute atomic E-state index is 0.412. The smallest absolute Gasteiger partial charge is 0.129 e. The maximum Gasteiger partial charge on any atom is 0.129 e. The number of halogens is 1. The molecule has 2 aromatic carbocycles. The van der Waals surface area contributed by atoms with E-state index in [1.54, 1.807) is 29.7 Å². The third-order valence-electron chi connectivity index (χ3n) is 4.97. The molecular weight excluding hydrogens is 442 g/mol. The minimum Gasteiger partial charge on any atom is -0.492 e. The maximum atomic E-state index is 10.2. The van der Waals surface area contributed by atoms with Crippen molar-refractivity contribution in [3.63, 3.8) is 0 Å². The lowest BCUT2D eigenvalue weighted by atomic mass is 10.1. The molecular formula is C25H24ClN3O2S. The van der Waals surface area contributed by atoms with E-state index in [1.165, 1.54) is 5.56 Å². The molecule has 4 aromatic rings. The zero-order chi connectivity index (χ0) is 22.3. The average Bonchev–Trinajstić information content (AvgIpc) is 3.30. The van der Waals surface area contributed by atoms with Gasteiger partial charge in [0.1, 0.15) is 22.5 Å². The number of thiazole rings is 1. The summed E-state index contributed by atoms with van der Waals surface area (Å²) in [5.74, 6) is 0.799. The molecule has 0 aliphatic rings. The number of nitrogens with one attached hydrogen (secondary N) is 1. The molecule has 164 valence electrons. The molecule has 0 amide bonds. The number of aliphatic hydroxyl groups is 1. The van der Waals surface area contributed by atoms with Crippen molar-refractivity contribution in [1.29, 1.82) is 0 Å². The Morgan fingerprint density at radius 2 is 1.78 bits per heavy atom. The van der Waals surface area contributed by atoms with Crippen molar-refractivity contribution in [2.24, 2.45) is 0 Å². The second kappa shape index (κ2) is 10.7. The monoisotopic (exact) mass is 465 g/mol. The fourth-order valence-electron chi connectivity index (χ4n) is 3.14. The predicted octanol–water partition coefficient (Wildman–Crippen LogP) is 5.54. The highest BCUT2D eigenvalue weighted by Crippen LogP contribution is 2.30. The van der Waals surface area contributed by atoms with Crippen molar-refractivity contribution in [2.75, 3.05) is 19.7 Å². The fraction of sp³-hybridized carbons (Fsp3) is 0.200. The van der Waals surface area contributed by atoms with Crippen molar-refractivity contribution in [3.8, 4) is 27.6 Å². The van der Waals surface area contributed by atoms with Gasteiger partial charge in [-0.1, -0.05) is 47.5 Å². The zero-order valence-electron chi connectivity index (χ0n) is 17.7. The van der Waals surface area contributed by atoms with Crippen LogP contribution in [-0.4, -0.2) is 34.8 Å². The second-order valence-electron chi connectivity index (χ2n) is 7.41. The van der Waals surface area contributed by atoms with Crippen LogP contribution in [-0.2, 0) is 0 Å². The number of benzene rings is 2. The Morgan fingerprint density at radius 3 is 2.50 bits per heavy atom. The number of aromatic nitrogens is 2. The third kappa shape index (κ3) is 5.93. The summed E-state index contributed by atoms with van der Waals surface area (Å²) in [4.78, 5) is 8.76. The molecule has 7 heteroatoms. The molecule has 0 saturated carbocycles. The molecule has 2 aromatic heterocycles. The van der Waals surface area contributed by atoms with Crippen LogP contribution in [0.15, 0.2) is 72.2 Å². The molecule has 0 spiro atoms. The number of rotatable bonds is 9. The Kier molecular flexibility index (Phi) is 7.50. The van der Waals surface area contributed by atoms with Gasteiger partial charge in [0, 0.05) is 41.4 Å². The van der Waals surface area contributed by atoms with Crippen LogP contribution in [0, 0.1) is 6.92 Å². The third-order valence-corrected chi connectivity index (χ3v) is 6.09. The number of aryl methyl sites for hydroxylation is 1. The van der Waals surface area contributed by atoms with Gasteiger partial charge in [-0.15, -0.1) is 11.3 Å². The van der Waals surface area contributed by atoms with Crippen LogP contribution in [0.25, 0.3) is 21.8 Å². The standard InChI is InChI=1S/C25H24ClN3O2S/c1-17-2-4-18(5-3-17)22-16-32-25(29-22)19-6-9-21(10-7-19)31-13-12-27-15-23(30)20-8-11-24(26)28-14-20/h2-11,14,16,23,27,30H,12-13,15H2,1H3. The molecule has 0 bridgehead atoms. The summed E-state index contributed by atoms with van der Waals surface area (Å²) in [7, 11) is 0. The molecule has 2 heterocycles. The lowest BCUT2D eigenvalue weighted by Gasteiger charge is -2.12. The van der Waals surface area contributed by atoms with Crippen LogP contribution in [0.4, 0.5) is 0 Å². The van der Waals surface area contributed by atoms with Gasteiger partial charge in [-0.2, -0.15) is 0 Å². The molecule has 0 aliphatic carbocycles. The Hall–Kier alpha value is -2.77. The Bertz CT molecular complexity index is 1130. The van der Waals surface area contributed by atoms with Gasteiger partial charge in [-0.05, 0) is 37.3 Å². The van der Waals surface area contributed by atoms with Crippen LogP contribution in [0.3, 0.4) is 0 Å². The Morgan fingerprint density at radius 1 is 1.03 bits per heavy atom. The summed E-state index contributed by atoms with van der Waals surface area (Å²) in [6.45, 7) is 3.61. The molecule has 2 N–H and O–H groups in total. The minimum atomic E-state index is -0.637. The highest BCUT2D eigenvalue weighted by Gasteiger charge is 2.08. The van der Waals surface area contributed by atoms with E-state index in [9.17, 15) is 5.11 Å². The molecule has 0 fully saturated rings. The van der Waals surface area contributed by atoms with Gasteiger partial charge in [0.05, 0.1) is 11.8 Å². The van der Waals surface area contributed by atoms with Crippen LogP contribution < -0.4 is 10.1 Å². The topological polar surface area (TPSA) is 67.3 Å². The first kappa shape index (κ1) is 22.4. The van der Waals surface area contributed by atoms with Gasteiger partial charge in [0.15, 0.2) is 0 Å². The van der Waals surface area contributed by atoms with E-state index in [4.69, 9.17) is 21.3 Å². The van der Waals surface area contributed by atoms with Crippen molar-refractivity contribution in [2.45, 2.75) is 13.0 Å². The predicted molar refractivity (Wildman–Crippen MR) is 130 cm³/mol. The Balaban J connectivity index is 1.24. The first-order chi connectivity index (χ1) is 15.6. The number of ether oxygens (including phenoxy) is 1. The van der Waals surface area contributed by atoms with Crippen molar-refractivity contribution >= 4 is 22.9 Å². The molecule has 0 aliphatic heterocycles. The normalized spacial score (nSPS) is 12.0.